The van der Waals surface area contributed by atoms with Gasteiger partial charge in [0.2, 0.25) is 0 Å². The van der Waals surface area contributed by atoms with Crippen molar-refractivity contribution in [1.29, 1.82) is 0 Å². The lowest BCUT2D eigenvalue weighted by molar-refractivity contribution is -0.173. The van der Waals surface area contributed by atoms with Crippen LogP contribution in [0, 0.1) is 0 Å². The van der Waals surface area contributed by atoms with Gasteiger partial charge in [-0.3, -0.25) is 9.59 Å². The van der Waals surface area contributed by atoms with Crippen molar-refractivity contribution in [2.24, 2.45) is 0 Å². The summed E-state index contributed by atoms with van der Waals surface area (Å²) in [6.45, 7) is 5.42. The Balaban J connectivity index is 4.61. The molecule has 0 aromatic heterocycles. The van der Waals surface area contributed by atoms with Crippen molar-refractivity contribution in [2.75, 3.05) is 19.8 Å². The molecule has 0 radical (unpaired) electrons. The zero-order chi connectivity index (χ0) is 16.3. The molecule has 0 aliphatic heterocycles. The summed E-state index contributed by atoms with van der Waals surface area (Å²) in [5.74, 6) is -1.99. The molecule has 0 rings (SSSR count). The molecule has 7 heteroatoms. The number of ether oxygens (including phenoxy) is 3. The van der Waals surface area contributed by atoms with Gasteiger partial charge in [0.05, 0.1) is 26.2 Å². The topological polar surface area (TPSA) is 99.1 Å². The molecule has 0 bridgehead atoms. The van der Waals surface area contributed by atoms with E-state index in [4.69, 9.17) is 14.2 Å². The van der Waals surface area contributed by atoms with Gasteiger partial charge in [0.1, 0.15) is 0 Å². The molecule has 0 saturated heterocycles. The van der Waals surface area contributed by atoms with E-state index in [0.29, 0.717) is 0 Å². The molecular weight excluding hydrogens is 280 g/mol. The van der Waals surface area contributed by atoms with Gasteiger partial charge in [-0.2, -0.15) is 0 Å². The predicted molar refractivity (Wildman–Crippen MR) is 73.3 cm³/mol. The minimum absolute atomic E-state index is 0.0539. The lowest BCUT2D eigenvalue weighted by atomic mass is 9.93. The summed E-state index contributed by atoms with van der Waals surface area (Å²) in [5.41, 5.74) is -1.98. The summed E-state index contributed by atoms with van der Waals surface area (Å²) in [5, 5.41) is 10.3. The van der Waals surface area contributed by atoms with Gasteiger partial charge in [-0.1, -0.05) is 0 Å². The molecule has 7 nitrogen and oxygen atoms in total. The quantitative estimate of drug-likeness (QED) is 0.474. The van der Waals surface area contributed by atoms with E-state index in [1.54, 1.807) is 20.8 Å². The number of rotatable bonds is 10. The highest BCUT2D eigenvalue weighted by atomic mass is 16.6. The second kappa shape index (κ2) is 10.1. The van der Waals surface area contributed by atoms with E-state index in [0.717, 1.165) is 0 Å². The minimum atomic E-state index is -1.98. The van der Waals surface area contributed by atoms with Crippen LogP contribution in [0.1, 0.15) is 46.5 Å². The summed E-state index contributed by atoms with van der Waals surface area (Å²) < 4.78 is 14.3. The molecule has 1 atom stereocenters. The van der Waals surface area contributed by atoms with E-state index in [1.165, 1.54) is 0 Å². The number of hydrogen-bond acceptors (Lipinski definition) is 7. The zero-order valence-electron chi connectivity index (χ0n) is 12.8. The molecule has 1 N–H and O–H groups in total. The van der Waals surface area contributed by atoms with Gasteiger partial charge < -0.3 is 19.3 Å². The molecule has 0 aromatic carbocycles. The second-order valence-electron chi connectivity index (χ2n) is 4.39. The van der Waals surface area contributed by atoms with Crippen molar-refractivity contribution in [1.82, 2.24) is 0 Å². The van der Waals surface area contributed by atoms with Crippen LogP contribution in [0.3, 0.4) is 0 Å². The molecule has 0 spiro atoms. The van der Waals surface area contributed by atoms with Crippen molar-refractivity contribution in [3.8, 4) is 0 Å². The van der Waals surface area contributed by atoms with E-state index in [-0.39, 0.29) is 39.1 Å². The second-order valence-corrected chi connectivity index (χ2v) is 4.39. The fourth-order valence-corrected chi connectivity index (χ4v) is 1.74. The van der Waals surface area contributed by atoms with Crippen LogP contribution in [0.4, 0.5) is 0 Å². The maximum atomic E-state index is 11.8. The van der Waals surface area contributed by atoms with Crippen molar-refractivity contribution in [3.63, 3.8) is 0 Å². The number of carbonyl (C=O) groups excluding carboxylic acids is 3. The Kier molecular flexibility index (Phi) is 9.36. The van der Waals surface area contributed by atoms with Gasteiger partial charge in [-0.05, 0) is 33.6 Å². The Bertz CT molecular complexity index is 353. The Morgan fingerprint density at radius 3 is 1.95 bits per heavy atom. The van der Waals surface area contributed by atoms with Crippen molar-refractivity contribution >= 4 is 17.9 Å². The first-order valence-corrected chi connectivity index (χ1v) is 7.10. The van der Waals surface area contributed by atoms with Crippen molar-refractivity contribution in [3.05, 3.63) is 0 Å². The van der Waals surface area contributed by atoms with Gasteiger partial charge in [-0.15, -0.1) is 0 Å². The monoisotopic (exact) mass is 304 g/mol. The molecule has 0 aromatic rings. The van der Waals surface area contributed by atoms with Crippen molar-refractivity contribution < 1.29 is 33.7 Å². The van der Waals surface area contributed by atoms with Crippen LogP contribution in [0.5, 0.6) is 0 Å². The Labute approximate surface area is 124 Å². The highest BCUT2D eigenvalue weighted by Crippen LogP contribution is 2.22. The van der Waals surface area contributed by atoms with Crippen LogP contribution >= 0.6 is 0 Å². The first kappa shape index (κ1) is 19.4. The highest BCUT2D eigenvalue weighted by Gasteiger charge is 2.40. The Morgan fingerprint density at radius 2 is 1.43 bits per heavy atom. The third-order valence-electron chi connectivity index (χ3n) is 2.67. The normalized spacial score (nSPS) is 13.1. The summed E-state index contributed by atoms with van der Waals surface area (Å²) in [6.07, 6.45) is -0.322. The molecule has 0 saturated carbocycles. The summed E-state index contributed by atoms with van der Waals surface area (Å²) in [6, 6.07) is 0. The summed E-state index contributed by atoms with van der Waals surface area (Å²) in [4.78, 5) is 34.5. The standard InChI is InChI=1S/C14H24O7/c1-4-19-11(15)8-7-9-14(18,13(17)21-6-3)10-12(16)20-5-2/h18H,4-10H2,1-3H3. The van der Waals surface area contributed by atoms with Gasteiger partial charge in [0, 0.05) is 6.42 Å². The summed E-state index contributed by atoms with van der Waals surface area (Å²) in [7, 11) is 0. The largest absolute Gasteiger partial charge is 0.466 e. The van der Waals surface area contributed by atoms with Gasteiger partial charge in [0.25, 0.3) is 0 Å². The summed E-state index contributed by atoms with van der Waals surface area (Å²) >= 11 is 0. The van der Waals surface area contributed by atoms with E-state index in [2.05, 4.69) is 0 Å². The van der Waals surface area contributed by atoms with E-state index >= 15 is 0 Å². The molecule has 0 fully saturated rings. The fraction of sp³-hybridized carbons (Fsp3) is 0.786. The third-order valence-corrected chi connectivity index (χ3v) is 2.67. The van der Waals surface area contributed by atoms with Crippen LogP contribution in [0.2, 0.25) is 0 Å². The smallest absolute Gasteiger partial charge is 0.338 e. The van der Waals surface area contributed by atoms with Gasteiger partial charge in [-0.25, -0.2) is 4.79 Å². The Hall–Kier alpha value is -1.63. The van der Waals surface area contributed by atoms with Gasteiger partial charge in [0.15, 0.2) is 5.60 Å². The van der Waals surface area contributed by atoms with E-state index in [1.807, 2.05) is 0 Å². The molecule has 0 aliphatic rings. The molecular formula is C14H24O7. The lowest BCUT2D eigenvalue weighted by Crippen LogP contribution is -2.42. The minimum Gasteiger partial charge on any atom is -0.466 e. The van der Waals surface area contributed by atoms with Crippen LogP contribution in [-0.4, -0.2) is 48.4 Å². The molecule has 21 heavy (non-hydrogen) atoms. The van der Waals surface area contributed by atoms with Crippen LogP contribution in [-0.2, 0) is 28.6 Å². The first-order valence-electron chi connectivity index (χ1n) is 7.10. The van der Waals surface area contributed by atoms with Crippen LogP contribution < -0.4 is 0 Å². The number of carbonyl (C=O) groups is 3. The average Bonchev–Trinajstić information content (AvgIpc) is 2.39. The third kappa shape index (κ3) is 7.65. The molecule has 122 valence electrons. The maximum absolute atomic E-state index is 11.8. The average molecular weight is 304 g/mol. The first-order chi connectivity index (χ1) is 9.89. The zero-order valence-corrected chi connectivity index (χ0v) is 12.8. The van der Waals surface area contributed by atoms with Crippen LogP contribution in [0.25, 0.3) is 0 Å². The number of aliphatic hydroxyl groups is 1. The SMILES string of the molecule is CCOC(=O)CCCC(O)(CC(=O)OCC)C(=O)OCC. The molecule has 0 aliphatic carbocycles. The highest BCUT2D eigenvalue weighted by molar-refractivity contribution is 5.85. The number of esters is 3. The molecule has 0 heterocycles. The molecule has 1 unspecified atom stereocenters. The van der Waals surface area contributed by atoms with E-state index < -0.39 is 29.9 Å². The fourth-order valence-electron chi connectivity index (χ4n) is 1.74. The number of hydrogen-bond donors (Lipinski definition) is 1. The maximum Gasteiger partial charge on any atom is 0.338 e. The predicted octanol–water partition coefficient (Wildman–Crippen LogP) is 0.967. The Morgan fingerprint density at radius 1 is 0.905 bits per heavy atom. The lowest BCUT2D eigenvalue weighted by Gasteiger charge is -2.24. The molecule has 0 amide bonds. The van der Waals surface area contributed by atoms with Crippen LogP contribution in [0.15, 0.2) is 0 Å². The van der Waals surface area contributed by atoms with Gasteiger partial charge >= 0.3 is 17.9 Å². The van der Waals surface area contributed by atoms with E-state index in [9.17, 15) is 19.5 Å². The van der Waals surface area contributed by atoms with Crippen molar-refractivity contribution in [2.45, 2.75) is 52.1 Å².